The first kappa shape index (κ1) is 14.4. The summed E-state index contributed by atoms with van der Waals surface area (Å²) in [4.78, 5) is 10.4. The van der Waals surface area contributed by atoms with Crippen molar-refractivity contribution in [1.82, 2.24) is 20.6 Å². The Hall–Kier alpha value is -3.49. The Balaban J connectivity index is 2.06. The predicted molar refractivity (Wildman–Crippen MR) is 79.2 cm³/mol. The molecule has 0 saturated carbocycles. The second-order valence-corrected chi connectivity index (χ2v) is 4.75. The minimum atomic E-state index is -0.531. The van der Waals surface area contributed by atoms with Gasteiger partial charge in [-0.15, -0.1) is 10.2 Å². The molecule has 0 fully saturated rings. The number of hydrogen-bond acceptors (Lipinski definition) is 7. The highest BCUT2D eigenvalue weighted by Gasteiger charge is 2.18. The van der Waals surface area contributed by atoms with Gasteiger partial charge < -0.3 is 9.84 Å². The molecule has 1 aromatic heterocycles. The maximum Gasteiger partial charge on any atom is 0.270 e. The molecule has 0 bridgehead atoms. The van der Waals surface area contributed by atoms with Gasteiger partial charge in [-0.25, -0.2) is 0 Å². The average Bonchev–Trinajstić information content (AvgIpc) is 3.04. The maximum atomic E-state index is 10.9. The van der Waals surface area contributed by atoms with E-state index in [4.69, 9.17) is 4.74 Å². The lowest BCUT2D eigenvalue weighted by molar-refractivity contribution is -0.384. The highest BCUT2D eigenvalue weighted by atomic mass is 16.6. The van der Waals surface area contributed by atoms with E-state index in [1.165, 1.54) is 18.2 Å². The van der Waals surface area contributed by atoms with Crippen LogP contribution in [0.3, 0.4) is 0 Å². The van der Waals surface area contributed by atoms with Crippen molar-refractivity contribution >= 4 is 5.69 Å². The number of rotatable bonds is 4. The molecule has 23 heavy (non-hydrogen) atoms. The van der Waals surface area contributed by atoms with Crippen molar-refractivity contribution in [3.05, 3.63) is 52.1 Å². The smallest absolute Gasteiger partial charge is 0.270 e. The number of aryl methyl sites for hydroxylation is 1. The number of aromatic hydroxyl groups is 1. The molecule has 9 nitrogen and oxygen atoms in total. The van der Waals surface area contributed by atoms with Crippen LogP contribution in [0.4, 0.5) is 5.69 Å². The SMILES string of the molecule is Cc1ccc(Oc2ccc([N+](=O)[O-])cc2-c2nn[nH]n2)c(O)c1. The number of aromatic amines is 1. The number of phenols is 1. The van der Waals surface area contributed by atoms with Gasteiger partial charge in [-0.3, -0.25) is 10.1 Å². The van der Waals surface area contributed by atoms with Crippen LogP contribution < -0.4 is 4.74 Å². The number of nitro benzene ring substituents is 1. The number of hydrogen-bond donors (Lipinski definition) is 2. The topological polar surface area (TPSA) is 127 Å². The van der Waals surface area contributed by atoms with Gasteiger partial charge in [0.1, 0.15) is 5.75 Å². The second kappa shape index (κ2) is 5.72. The van der Waals surface area contributed by atoms with Gasteiger partial charge in [0.05, 0.1) is 10.5 Å². The Morgan fingerprint density at radius 3 is 2.65 bits per heavy atom. The van der Waals surface area contributed by atoms with Gasteiger partial charge in [0, 0.05) is 12.1 Å². The number of phenolic OH excluding ortho intramolecular Hbond substituents is 1. The first-order valence-electron chi connectivity index (χ1n) is 6.54. The van der Waals surface area contributed by atoms with Crippen molar-refractivity contribution in [3.8, 4) is 28.6 Å². The molecule has 3 aromatic rings. The van der Waals surface area contributed by atoms with Gasteiger partial charge in [0.25, 0.3) is 5.69 Å². The third-order valence-corrected chi connectivity index (χ3v) is 3.09. The van der Waals surface area contributed by atoms with Crippen LogP contribution in [0.5, 0.6) is 17.2 Å². The van der Waals surface area contributed by atoms with Gasteiger partial charge in [-0.2, -0.15) is 5.21 Å². The minimum absolute atomic E-state index is 0.0394. The summed E-state index contributed by atoms with van der Waals surface area (Å²) in [6.45, 7) is 1.83. The Labute approximate surface area is 129 Å². The van der Waals surface area contributed by atoms with Crippen LogP contribution >= 0.6 is 0 Å². The Morgan fingerprint density at radius 2 is 2.00 bits per heavy atom. The van der Waals surface area contributed by atoms with Crippen LogP contribution in [0.25, 0.3) is 11.4 Å². The van der Waals surface area contributed by atoms with Crippen LogP contribution in [0.15, 0.2) is 36.4 Å². The molecule has 1 heterocycles. The monoisotopic (exact) mass is 313 g/mol. The van der Waals surface area contributed by atoms with E-state index in [0.717, 1.165) is 5.56 Å². The maximum absolute atomic E-state index is 10.9. The van der Waals surface area contributed by atoms with Crippen LogP contribution in [0.2, 0.25) is 0 Å². The lowest BCUT2D eigenvalue weighted by Crippen LogP contribution is -1.94. The molecule has 2 aromatic carbocycles. The van der Waals surface area contributed by atoms with Gasteiger partial charge in [0.2, 0.25) is 5.82 Å². The number of nitro groups is 1. The van der Waals surface area contributed by atoms with Gasteiger partial charge in [-0.05, 0) is 35.9 Å². The summed E-state index contributed by atoms with van der Waals surface area (Å²) in [5.41, 5.74) is 1.02. The van der Waals surface area contributed by atoms with E-state index in [1.807, 2.05) is 6.92 Å². The zero-order chi connectivity index (χ0) is 16.4. The molecule has 2 N–H and O–H groups in total. The van der Waals surface area contributed by atoms with Crippen molar-refractivity contribution in [2.75, 3.05) is 0 Å². The first-order chi connectivity index (χ1) is 11.0. The first-order valence-corrected chi connectivity index (χ1v) is 6.54. The number of tetrazole rings is 1. The third-order valence-electron chi connectivity index (χ3n) is 3.09. The molecule has 0 aliphatic carbocycles. The van der Waals surface area contributed by atoms with Crippen molar-refractivity contribution < 1.29 is 14.8 Å². The van der Waals surface area contributed by atoms with Crippen LogP contribution in [0.1, 0.15) is 5.56 Å². The number of benzene rings is 2. The normalized spacial score (nSPS) is 10.5. The molecule has 0 unspecified atom stereocenters. The molecule has 3 rings (SSSR count). The van der Waals surface area contributed by atoms with Gasteiger partial charge in [-0.1, -0.05) is 6.07 Å². The van der Waals surface area contributed by atoms with E-state index in [2.05, 4.69) is 20.6 Å². The molecule has 116 valence electrons. The fourth-order valence-corrected chi connectivity index (χ4v) is 2.00. The van der Waals surface area contributed by atoms with Crippen LogP contribution in [-0.2, 0) is 0 Å². The number of aromatic nitrogens is 4. The summed E-state index contributed by atoms with van der Waals surface area (Å²) in [6, 6.07) is 8.92. The highest BCUT2D eigenvalue weighted by molar-refractivity contribution is 5.68. The summed E-state index contributed by atoms with van der Waals surface area (Å²) in [5.74, 6) is 0.586. The third kappa shape index (κ3) is 2.93. The zero-order valence-electron chi connectivity index (χ0n) is 11.9. The van der Waals surface area contributed by atoms with Gasteiger partial charge in [0.15, 0.2) is 11.5 Å². The lowest BCUT2D eigenvalue weighted by Gasteiger charge is -2.10. The fourth-order valence-electron chi connectivity index (χ4n) is 2.00. The van der Waals surface area contributed by atoms with E-state index in [1.54, 1.807) is 18.2 Å². The average molecular weight is 313 g/mol. The Bertz CT molecular complexity index is 864. The summed E-state index contributed by atoms with van der Waals surface area (Å²) < 4.78 is 5.66. The van der Waals surface area contributed by atoms with Gasteiger partial charge >= 0.3 is 0 Å². The standard InChI is InChI=1S/C14H11N5O4/c1-8-2-4-13(11(20)6-8)23-12-5-3-9(19(21)22)7-10(12)14-15-17-18-16-14/h2-7,20H,1H3,(H,15,16,17,18). The fraction of sp³-hybridized carbons (Fsp3) is 0.0714. The van der Waals surface area contributed by atoms with Crippen molar-refractivity contribution in [2.24, 2.45) is 0 Å². The van der Waals surface area contributed by atoms with E-state index < -0.39 is 4.92 Å². The minimum Gasteiger partial charge on any atom is -0.504 e. The molecule has 9 heteroatoms. The molecular weight excluding hydrogens is 302 g/mol. The molecule has 0 spiro atoms. The second-order valence-electron chi connectivity index (χ2n) is 4.75. The van der Waals surface area contributed by atoms with Crippen LogP contribution in [-0.4, -0.2) is 30.7 Å². The van der Waals surface area contributed by atoms with E-state index >= 15 is 0 Å². The number of H-pyrrole nitrogens is 1. The van der Waals surface area contributed by atoms with Crippen molar-refractivity contribution in [1.29, 1.82) is 0 Å². The summed E-state index contributed by atoms with van der Waals surface area (Å²) >= 11 is 0. The van der Waals surface area contributed by atoms with E-state index in [9.17, 15) is 15.2 Å². The van der Waals surface area contributed by atoms with E-state index in [-0.39, 0.29) is 34.3 Å². The molecule has 0 atom stereocenters. The summed E-state index contributed by atoms with van der Waals surface area (Å²) in [7, 11) is 0. The molecule has 0 radical (unpaired) electrons. The van der Waals surface area contributed by atoms with Crippen molar-refractivity contribution in [2.45, 2.75) is 6.92 Å². The number of nitrogens with zero attached hydrogens (tertiary/aromatic N) is 4. The largest absolute Gasteiger partial charge is 0.504 e. The Morgan fingerprint density at radius 1 is 1.22 bits per heavy atom. The highest BCUT2D eigenvalue weighted by Crippen LogP contribution is 2.37. The van der Waals surface area contributed by atoms with Crippen molar-refractivity contribution in [3.63, 3.8) is 0 Å². The zero-order valence-corrected chi connectivity index (χ0v) is 11.9. The molecule has 0 amide bonds. The Kier molecular flexibility index (Phi) is 3.59. The molecular formula is C14H11N5O4. The lowest BCUT2D eigenvalue weighted by atomic mass is 10.1. The number of nitrogens with one attached hydrogen (secondary N) is 1. The quantitative estimate of drug-likeness (QED) is 0.559. The summed E-state index contributed by atoms with van der Waals surface area (Å²) in [5, 5.41) is 34.2. The summed E-state index contributed by atoms with van der Waals surface area (Å²) in [6.07, 6.45) is 0. The molecule has 0 saturated heterocycles. The predicted octanol–water partition coefficient (Wildman–Crippen LogP) is 2.58. The molecule has 0 aliphatic rings. The molecule has 0 aliphatic heterocycles. The number of non-ortho nitro benzene ring substituents is 1. The number of ether oxygens (including phenoxy) is 1. The van der Waals surface area contributed by atoms with Crippen LogP contribution in [0, 0.1) is 17.0 Å². The van der Waals surface area contributed by atoms with E-state index in [0.29, 0.717) is 0 Å².